The van der Waals surface area contributed by atoms with Gasteiger partial charge in [-0.15, -0.1) is 0 Å². The van der Waals surface area contributed by atoms with Crippen LogP contribution in [0.2, 0.25) is 0 Å². The molecular formula is C15H18N2O4S. The first-order chi connectivity index (χ1) is 10.5. The predicted octanol–water partition coefficient (Wildman–Crippen LogP) is 2.52. The molecular weight excluding hydrogens is 304 g/mol. The molecule has 0 amide bonds. The van der Waals surface area contributed by atoms with E-state index in [1.807, 2.05) is 6.92 Å². The van der Waals surface area contributed by atoms with Gasteiger partial charge >= 0.3 is 0 Å². The first-order valence-corrected chi connectivity index (χ1v) is 8.55. The summed E-state index contributed by atoms with van der Waals surface area (Å²) < 4.78 is 37.5. The van der Waals surface area contributed by atoms with Gasteiger partial charge < -0.3 is 9.26 Å². The first-order valence-electron chi connectivity index (χ1n) is 7.11. The summed E-state index contributed by atoms with van der Waals surface area (Å²) >= 11 is 0. The molecule has 1 saturated heterocycles. The molecule has 0 unspecified atom stereocenters. The van der Waals surface area contributed by atoms with Gasteiger partial charge in [0.15, 0.2) is 5.76 Å². The Labute approximate surface area is 129 Å². The highest BCUT2D eigenvalue weighted by molar-refractivity contribution is 7.89. The fourth-order valence-corrected chi connectivity index (χ4v) is 4.40. The lowest BCUT2D eigenvalue weighted by molar-refractivity contribution is 0.297. The molecule has 0 saturated carbocycles. The largest absolute Gasteiger partial charge is 0.497 e. The molecule has 2 heterocycles. The van der Waals surface area contributed by atoms with Gasteiger partial charge in [0.25, 0.3) is 0 Å². The van der Waals surface area contributed by atoms with Gasteiger partial charge in [0.05, 0.1) is 23.7 Å². The van der Waals surface area contributed by atoms with Crippen molar-refractivity contribution in [2.45, 2.75) is 30.7 Å². The monoisotopic (exact) mass is 322 g/mol. The Bertz CT molecular complexity index is 752. The molecule has 22 heavy (non-hydrogen) atoms. The maximum atomic E-state index is 12.8. The van der Waals surface area contributed by atoms with Crippen LogP contribution in [0.3, 0.4) is 0 Å². The summed E-state index contributed by atoms with van der Waals surface area (Å²) in [5, 5.41) is 3.86. The zero-order valence-electron chi connectivity index (χ0n) is 12.5. The smallest absolute Gasteiger partial charge is 0.243 e. The van der Waals surface area contributed by atoms with Crippen molar-refractivity contribution in [1.82, 2.24) is 9.46 Å². The number of ether oxygens (including phenoxy) is 1. The van der Waals surface area contributed by atoms with Crippen molar-refractivity contribution in [3.8, 4) is 5.75 Å². The summed E-state index contributed by atoms with van der Waals surface area (Å²) in [5.74, 6) is 1.23. The first kappa shape index (κ1) is 15.1. The summed E-state index contributed by atoms with van der Waals surface area (Å²) in [6.45, 7) is 2.31. The average molecular weight is 322 g/mol. The van der Waals surface area contributed by atoms with Crippen LogP contribution in [0, 0.1) is 6.92 Å². The molecule has 6 nitrogen and oxygen atoms in total. The summed E-state index contributed by atoms with van der Waals surface area (Å²) in [4.78, 5) is 0.261. The molecule has 1 aliphatic heterocycles. The number of aromatic nitrogens is 1. The SMILES string of the molecule is COc1ccc(S(=O)(=O)N2CCC[C@@H]2c2cc(C)no2)cc1. The van der Waals surface area contributed by atoms with E-state index in [0.717, 1.165) is 18.5 Å². The number of sulfonamides is 1. The summed E-state index contributed by atoms with van der Waals surface area (Å²) in [7, 11) is -2.01. The lowest BCUT2D eigenvalue weighted by Crippen LogP contribution is -2.30. The minimum Gasteiger partial charge on any atom is -0.497 e. The third-order valence-electron chi connectivity index (χ3n) is 3.84. The molecule has 2 aromatic rings. The standard InChI is InChI=1S/C15H18N2O4S/c1-11-10-15(21-16-11)14-4-3-9-17(14)22(18,19)13-7-5-12(20-2)6-8-13/h5-8,10,14H,3-4,9H2,1-2H3/t14-/m1/s1. The van der Waals surface area contributed by atoms with E-state index >= 15 is 0 Å². The van der Waals surface area contributed by atoms with E-state index in [0.29, 0.717) is 18.1 Å². The van der Waals surface area contributed by atoms with Crippen molar-refractivity contribution in [2.75, 3.05) is 13.7 Å². The molecule has 3 rings (SSSR count). The number of hydrogen-bond donors (Lipinski definition) is 0. The van der Waals surface area contributed by atoms with E-state index in [4.69, 9.17) is 9.26 Å². The van der Waals surface area contributed by atoms with E-state index in [1.54, 1.807) is 37.4 Å². The Kier molecular flexibility index (Phi) is 3.92. The van der Waals surface area contributed by atoms with Gasteiger partial charge in [-0.3, -0.25) is 0 Å². The maximum Gasteiger partial charge on any atom is 0.243 e. The van der Waals surface area contributed by atoms with Crippen LogP contribution in [0.5, 0.6) is 5.75 Å². The second kappa shape index (κ2) is 5.73. The van der Waals surface area contributed by atoms with E-state index in [-0.39, 0.29) is 10.9 Å². The predicted molar refractivity (Wildman–Crippen MR) is 80.1 cm³/mol. The second-order valence-corrected chi connectivity index (χ2v) is 7.21. The van der Waals surface area contributed by atoms with Crippen molar-refractivity contribution in [3.05, 3.63) is 41.8 Å². The highest BCUT2D eigenvalue weighted by atomic mass is 32.2. The number of rotatable bonds is 4. The van der Waals surface area contributed by atoms with Gasteiger partial charge in [0.1, 0.15) is 5.75 Å². The van der Waals surface area contributed by atoms with Crippen molar-refractivity contribution in [2.24, 2.45) is 0 Å². The molecule has 1 atom stereocenters. The number of nitrogens with zero attached hydrogens (tertiary/aromatic N) is 2. The molecule has 0 bridgehead atoms. The Balaban J connectivity index is 1.93. The topological polar surface area (TPSA) is 72.6 Å². The van der Waals surface area contributed by atoms with Crippen molar-refractivity contribution in [1.29, 1.82) is 0 Å². The number of hydrogen-bond acceptors (Lipinski definition) is 5. The molecule has 0 aliphatic carbocycles. The lowest BCUT2D eigenvalue weighted by Gasteiger charge is -2.22. The molecule has 7 heteroatoms. The van der Waals surface area contributed by atoms with Crippen LogP contribution in [0.15, 0.2) is 39.8 Å². The molecule has 1 fully saturated rings. The Morgan fingerprint density at radius 3 is 2.64 bits per heavy atom. The van der Waals surface area contributed by atoms with Crippen molar-refractivity contribution < 1.29 is 17.7 Å². The van der Waals surface area contributed by atoms with Gasteiger partial charge in [0, 0.05) is 12.6 Å². The maximum absolute atomic E-state index is 12.8. The van der Waals surface area contributed by atoms with Gasteiger partial charge in [-0.05, 0) is 44.0 Å². The molecule has 0 spiro atoms. The normalized spacial score (nSPS) is 19.5. The van der Waals surface area contributed by atoms with Gasteiger partial charge in [-0.2, -0.15) is 4.31 Å². The molecule has 0 N–H and O–H groups in total. The summed E-state index contributed by atoms with van der Waals surface area (Å²) in [5.41, 5.74) is 0.753. The Hall–Kier alpha value is -1.86. The fourth-order valence-electron chi connectivity index (χ4n) is 2.74. The number of aryl methyl sites for hydroxylation is 1. The molecule has 1 aromatic heterocycles. The lowest BCUT2D eigenvalue weighted by atomic mass is 10.2. The van der Waals surface area contributed by atoms with Crippen LogP contribution in [0.1, 0.15) is 30.3 Å². The highest BCUT2D eigenvalue weighted by Crippen LogP contribution is 2.36. The van der Waals surface area contributed by atoms with Gasteiger partial charge in [-0.1, -0.05) is 5.16 Å². The zero-order valence-corrected chi connectivity index (χ0v) is 13.3. The highest BCUT2D eigenvalue weighted by Gasteiger charge is 2.38. The summed E-state index contributed by atoms with van der Waals surface area (Å²) in [6.07, 6.45) is 1.55. The minimum absolute atomic E-state index is 0.261. The Morgan fingerprint density at radius 1 is 1.32 bits per heavy atom. The van der Waals surface area contributed by atoms with Crippen LogP contribution >= 0.6 is 0 Å². The molecule has 118 valence electrons. The van der Waals surface area contributed by atoms with E-state index < -0.39 is 10.0 Å². The quantitative estimate of drug-likeness (QED) is 0.865. The fraction of sp³-hybridized carbons (Fsp3) is 0.400. The minimum atomic E-state index is -3.56. The van der Waals surface area contributed by atoms with Crippen LogP contribution in [0.4, 0.5) is 0 Å². The molecule has 1 aromatic carbocycles. The van der Waals surface area contributed by atoms with Crippen molar-refractivity contribution >= 4 is 10.0 Å². The van der Waals surface area contributed by atoms with E-state index in [2.05, 4.69) is 5.16 Å². The average Bonchev–Trinajstić information content (AvgIpc) is 3.16. The Morgan fingerprint density at radius 2 is 2.05 bits per heavy atom. The van der Waals surface area contributed by atoms with Gasteiger partial charge in [0.2, 0.25) is 10.0 Å². The zero-order chi connectivity index (χ0) is 15.7. The van der Waals surface area contributed by atoms with Crippen LogP contribution in [-0.4, -0.2) is 31.5 Å². The van der Waals surface area contributed by atoms with Crippen LogP contribution < -0.4 is 4.74 Å². The molecule has 1 aliphatic rings. The van der Waals surface area contributed by atoms with Crippen molar-refractivity contribution in [3.63, 3.8) is 0 Å². The van der Waals surface area contributed by atoms with E-state index in [1.165, 1.54) is 4.31 Å². The third-order valence-corrected chi connectivity index (χ3v) is 5.77. The molecule has 0 radical (unpaired) electrons. The number of benzene rings is 1. The van der Waals surface area contributed by atoms with Crippen LogP contribution in [-0.2, 0) is 10.0 Å². The summed E-state index contributed by atoms with van der Waals surface area (Å²) in [6, 6.07) is 7.94. The van der Waals surface area contributed by atoms with Gasteiger partial charge in [-0.25, -0.2) is 8.42 Å². The van der Waals surface area contributed by atoms with Crippen LogP contribution in [0.25, 0.3) is 0 Å². The van der Waals surface area contributed by atoms with E-state index in [9.17, 15) is 8.42 Å². The number of methoxy groups -OCH3 is 1. The second-order valence-electron chi connectivity index (χ2n) is 5.32. The third kappa shape index (κ3) is 2.62.